The summed E-state index contributed by atoms with van der Waals surface area (Å²) >= 11 is 0. The van der Waals surface area contributed by atoms with E-state index in [-0.39, 0.29) is 18.7 Å². The molecule has 0 bridgehead atoms. The summed E-state index contributed by atoms with van der Waals surface area (Å²) in [6.45, 7) is 2.88. The lowest BCUT2D eigenvalue weighted by atomic mass is 10.2. The highest BCUT2D eigenvalue weighted by atomic mass is 16.5. The zero-order valence-corrected chi connectivity index (χ0v) is 12.0. The van der Waals surface area contributed by atoms with E-state index in [1.54, 1.807) is 11.9 Å². The highest BCUT2D eigenvalue weighted by molar-refractivity contribution is 5.76. The lowest BCUT2D eigenvalue weighted by molar-refractivity contribution is -0.137. The molecule has 1 amide bonds. The standard InChI is InChI=1S/C15H21NO4/c1-12-6-3-4-7-13(12)20-11-10-16(2)14(17)8-5-9-15(18)19/h3-4,6-7H,5,8-11H2,1-2H3,(H,18,19). The molecule has 0 aliphatic rings. The molecule has 0 fully saturated rings. The molecule has 1 rings (SSSR count). The number of para-hydroxylation sites is 1. The number of hydrogen-bond acceptors (Lipinski definition) is 3. The fourth-order valence-electron chi connectivity index (χ4n) is 1.72. The Bertz CT molecular complexity index is 459. The van der Waals surface area contributed by atoms with Crippen LogP contribution < -0.4 is 4.74 Å². The van der Waals surface area contributed by atoms with Crippen molar-refractivity contribution in [2.75, 3.05) is 20.2 Å². The first-order valence-electron chi connectivity index (χ1n) is 6.65. The van der Waals surface area contributed by atoms with E-state index in [0.29, 0.717) is 19.6 Å². The minimum absolute atomic E-state index is 0.0271. The highest BCUT2D eigenvalue weighted by Crippen LogP contribution is 2.15. The molecule has 0 radical (unpaired) electrons. The van der Waals surface area contributed by atoms with E-state index < -0.39 is 5.97 Å². The molecule has 0 heterocycles. The van der Waals surface area contributed by atoms with Gasteiger partial charge in [0.15, 0.2) is 0 Å². The number of carboxylic acid groups (broad SMARTS) is 1. The van der Waals surface area contributed by atoms with Crippen molar-refractivity contribution >= 4 is 11.9 Å². The van der Waals surface area contributed by atoms with Crippen LogP contribution in [0.4, 0.5) is 0 Å². The Morgan fingerprint density at radius 2 is 1.95 bits per heavy atom. The summed E-state index contributed by atoms with van der Waals surface area (Å²) in [4.78, 5) is 23.6. The maximum absolute atomic E-state index is 11.7. The molecule has 0 atom stereocenters. The molecular formula is C15H21NO4. The van der Waals surface area contributed by atoms with Crippen molar-refractivity contribution in [1.29, 1.82) is 0 Å². The monoisotopic (exact) mass is 279 g/mol. The van der Waals surface area contributed by atoms with Gasteiger partial charge in [-0.15, -0.1) is 0 Å². The largest absolute Gasteiger partial charge is 0.491 e. The Hall–Kier alpha value is -2.04. The number of ether oxygens (including phenoxy) is 1. The van der Waals surface area contributed by atoms with Gasteiger partial charge >= 0.3 is 5.97 Å². The third-order valence-electron chi connectivity index (χ3n) is 2.98. The van der Waals surface area contributed by atoms with E-state index >= 15 is 0 Å². The third-order valence-corrected chi connectivity index (χ3v) is 2.98. The molecule has 5 heteroatoms. The van der Waals surface area contributed by atoms with Gasteiger partial charge in [0.2, 0.25) is 5.91 Å². The van der Waals surface area contributed by atoms with Gasteiger partial charge in [-0.3, -0.25) is 9.59 Å². The Labute approximate surface area is 119 Å². The average molecular weight is 279 g/mol. The molecule has 0 spiro atoms. The molecule has 0 aromatic heterocycles. The molecule has 110 valence electrons. The van der Waals surface area contributed by atoms with Crippen LogP contribution in [0.2, 0.25) is 0 Å². The molecule has 1 aromatic rings. The molecule has 0 unspecified atom stereocenters. The molecular weight excluding hydrogens is 258 g/mol. The molecule has 0 aliphatic heterocycles. The summed E-state index contributed by atoms with van der Waals surface area (Å²) in [5, 5.41) is 8.51. The zero-order valence-electron chi connectivity index (χ0n) is 12.0. The van der Waals surface area contributed by atoms with Crippen LogP contribution in [-0.4, -0.2) is 42.1 Å². The fourth-order valence-corrected chi connectivity index (χ4v) is 1.72. The molecule has 0 saturated carbocycles. The Morgan fingerprint density at radius 1 is 1.25 bits per heavy atom. The minimum Gasteiger partial charge on any atom is -0.491 e. The van der Waals surface area contributed by atoms with Crippen molar-refractivity contribution in [2.45, 2.75) is 26.2 Å². The lowest BCUT2D eigenvalue weighted by Gasteiger charge is -2.17. The van der Waals surface area contributed by atoms with E-state index in [9.17, 15) is 9.59 Å². The number of benzene rings is 1. The number of carboxylic acids is 1. The second kappa shape index (κ2) is 8.19. The van der Waals surface area contributed by atoms with Crippen molar-refractivity contribution in [2.24, 2.45) is 0 Å². The quantitative estimate of drug-likeness (QED) is 0.791. The Morgan fingerprint density at radius 3 is 2.60 bits per heavy atom. The Kier molecular flexibility index (Phi) is 6.56. The van der Waals surface area contributed by atoms with E-state index in [1.807, 2.05) is 31.2 Å². The van der Waals surface area contributed by atoms with Gasteiger partial charge in [-0.2, -0.15) is 0 Å². The predicted molar refractivity (Wildman–Crippen MR) is 75.8 cm³/mol. The topological polar surface area (TPSA) is 66.8 Å². The van der Waals surface area contributed by atoms with Crippen LogP contribution in [0.5, 0.6) is 5.75 Å². The predicted octanol–water partition coefficient (Wildman–Crippen LogP) is 2.09. The molecule has 20 heavy (non-hydrogen) atoms. The molecule has 0 saturated heterocycles. The first-order chi connectivity index (χ1) is 9.50. The normalized spacial score (nSPS) is 10.1. The van der Waals surface area contributed by atoms with Gasteiger partial charge in [-0.05, 0) is 25.0 Å². The van der Waals surface area contributed by atoms with Crippen molar-refractivity contribution in [3.8, 4) is 5.75 Å². The fraction of sp³-hybridized carbons (Fsp3) is 0.467. The van der Waals surface area contributed by atoms with Crippen molar-refractivity contribution in [1.82, 2.24) is 4.90 Å². The summed E-state index contributed by atoms with van der Waals surface area (Å²) in [6, 6.07) is 7.71. The van der Waals surface area contributed by atoms with Gasteiger partial charge in [0.1, 0.15) is 12.4 Å². The van der Waals surface area contributed by atoms with Crippen molar-refractivity contribution in [3.05, 3.63) is 29.8 Å². The maximum atomic E-state index is 11.7. The molecule has 1 N–H and O–H groups in total. The first kappa shape index (κ1) is 16.0. The van der Waals surface area contributed by atoms with E-state index in [2.05, 4.69) is 0 Å². The van der Waals surface area contributed by atoms with Crippen LogP contribution >= 0.6 is 0 Å². The average Bonchev–Trinajstić information content (AvgIpc) is 2.40. The number of rotatable bonds is 8. The number of aryl methyl sites for hydroxylation is 1. The number of nitrogens with zero attached hydrogens (tertiary/aromatic N) is 1. The molecule has 5 nitrogen and oxygen atoms in total. The van der Waals surface area contributed by atoms with E-state index in [1.165, 1.54) is 0 Å². The number of hydrogen-bond donors (Lipinski definition) is 1. The van der Waals surface area contributed by atoms with Crippen molar-refractivity contribution < 1.29 is 19.4 Å². The Balaban J connectivity index is 2.25. The third kappa shape index (κ3) is 5.73. The van der Waals surface area contributed by atoms with Crippen LogP contribution in [0.15, 0.2) is 24.3 Å². The number of aliphatic carboxylic acids is 1. The SMILES string of the molecule is Cc1ccccc1OCCN(C)C(=O)CCCC(=O)O. The number of likely N-dealkylation sites (N-methyl/N-ethyl adjacent to an activating group) is 1. The van der Waals surface area contributed by atoms with Crippen molar-refractivity contribution in [3.63, 3.8) is 0 Å². The van der Waals surface area contributed by atoms with Crippen LogP contribution in [0.3, 0.4) is 0 Å². The van der Waals surface area contributed by atoms with Gasteiger partial charge in [0.05, 0.1) is 6.54 Å². The van der Waals surface area contributed by atoms with E-state index in [0.717, 1.165) is 11.3 Å². The first-order valence-corrected chi connectivity index (χ1v) is 6.65. The second-order valence-electron chi connectivity index (χ2n) is 4.68. The van der Waals surface area contributed by atoms with Gasteiger partial charge in [-0.1, -0.05) is 18.2 Å². The van der Waals surface area contributed by atoms with Crippen LogP contribution in [0.1, 0.15) is 24.8 Å². The zero-order chi connectivity index (χ0) is 15.0. The minimum atomic E-state index is -0.872. The highest BCUT2D eigenvalue weighted by Gasteiger charge is 2.09. The summed E-state index contributed by atoms with van der Waals surface area (Å²) < 4.78 is 5.61. The van der Waals surface area contributed by atoms with Gasteiger partial charge in [0, 0.05) is 19.9 Å². The summed E-state index contributed by atoms with van der Waals surface area (Å²) in [6.07, 6.45) is 0.656. The molecule has 1 aromatic carbocycles. The number of amides is 1. The van der Waals surface area contributed by atoms with Gasteiger partial charge in [0.25, 0.3) is 0 Å². The summed E-state index contributed by atoms with van der Waals surface area (Å²) in [5.41, 5.74) is 1.06. The molecule has 0 aliphatic carbocycles. The van der Waals surface area contributed by atoms with Gasteiger partial charge in [-0.25, -0.2) is 0 Å². The number of carbonyl (C=O) groups excluding carboxylic acids is 1. The maximum Gasteiger partial charge on any atom is 0.303 e. The summed E-state index contributed by atoms with van der Waals surface area (Å²) in [5.74, 6) is -0.109. The smallest absolute Gasteiger partial charge is 0.303 e. The number of carbonyl (C=O) groups is 2. The second-order valence-corrected chi connectivity index (χ2v) is 4.68. The van der Waals surface area contributed by atoms with Crippen LogP contribution in [-0.2, 0) is 9.59 Å². The van der Waals surface area contributed by atoms with Gasteiger partial charge < -0.3 is 14.7 Å². The van der Waals surface area contributed by atoms with Crippen LogP contribution in [0, 0.1) is 6.92 Å². The lowest BCUT2D eigenvalue weighted by Crippen LogP contribution is -2.30. The van der Waals surface area contributed by atoms with Crippen LogP contribution in [0.25, 0.3) is 0 Å². The summed E-state index contributed by atoms with van der Waals surface area (Å²) in [7, 11) is 1.70. The van der Waals surface area contributed by atoms with E-state index in [4.69, 9.17) is 9.84 Å².